The number of rotatable bonds is 7. The highest BCUT2D eigenvalue weighted by Crippen LogP contribution is 2.35. The predicted octanol–water partition coefficient (Wildman–Crippen LogP) is 1.83. The monoisotopic (exact) mass is 428 g/mol. The normalized spacial score (nSPS) is 20.1. The molecule has 1 aromatic carbocycles. The molecule has 0 spiro atoms. The van der Waals surface area contributed by atoms with Crippen molar-refractivity contribution in [1.29, 1.82) is 0 Å². The molecule has 1 aromatic heterocycles. The fourth-order valence-electron chi connectivity index (χ4n) is 4.15. The summed E-state index contributed by atoms with van der Waals surface area (Å²) in [5.74, 6) is 4.35. The van der Waals surface area contributed by atoms with Crippen molar-refractivity contribution in [3.8, 4) is 11.5 Å². The van der Waals surface area contributed by atoms with Crippen LogP contribution in [0.25, 0.3) is 0 Å². The van der Waals surface area contributed by atoms with Crippen LogP contribution in [-0.2, 0) is 37.3 Å². The minimum atomic E-state index is 0.208. The van der Waals surface area contributed by atoms with Crippen molar-refractivity contribution in [2.45, 2.75) is 65.0 Å². The molecule has 31 heavy (non-hydrogen) atoms. The fourth-order valence-corrected chi connectivity index (χ4v) is 4.15. The average molecular weight is 429 g/mol. The van der Waals surface area contributed by atoms with Gasteiger partial charge in [-0.05, 0) is 32.4 Å². The molecule has 2 N–H and O–H groups in total. The molecule has 0 radical (unpaired) electrons. The molecular formula is C22H32N6O3. The molecule has 0 amide bonds. The summed E-state index contributed by atoms with van der Waals surface area (Å²) in [4.78, 5) is 8.94. The van der Waals surface area contributed by atoms with Gasteiger partial charge >= 0.3 is 0 Å². The number of hydrogen-bond donors (Lipinski definition) is 2. The second-order valence-corrected chi connectivity index (χ2v) is 8.00. The maximum Gasteiger partial charge on any atom is 0.191 e. The van der Waals surface area contributed by atoms with E-state index in [-0.39, 0.29) is 12.1 Å². The van der Waals surface area contributed by atoms with E-state index in [1.165, 1.54) is 5.56 Å². The number of guanidine groups is 1. The van der Waals surface area contributed by atoms with Crippen LogP contribution < -0.4 is 20.1 Å². The lowest BCUT2D eigenvalue weighted by Crippen LogP contribution is -2.46. The van der Waals surface area contributed by atoms with E-state index in [1.807, 2.05) is 11.6 Å². The van der Waals surface area contributed by atoms with Gasteiger partial charge in [-0.3, -0.25) is 4.99 Å². The molecular weight excluding hydrogens is 396 g/mol. The Kier molecular flexibility index (Phi) is 6.60. The van der Waals surface area contributed by atoms with Crippen LogP contribution in [-0.4, -0.2) is 53.6 Å². The van der Waals surface area contributed by atoms with Gasteiger partial charge in [0.15, 0.2) is 11.8 Å². The molecule has 3 heterocycles. The summed E-state index contributed by atoms with van der Waals surface area (Å²) >= 11 is 0. The SMILES string of the molecule is CCOc1cc2c(cc1CNC(=NC)NC1CCc3nc(COC)nn3C1)OC(C)C2. The number of hydrogen-bond acceptors (Lipinski definition) is 6. The van der Waals surface area contributed by atoms with Gasteiger partial charge in [-0.25, -0.2) is 9.67 Å². The second-order valence-electron chi connectivity index (χ2n) is 8.00. The highest BCUT2D eigenvalue weighted by atomic mass is 16.5. The predicted molar refractivity (Wildman–Crippen MR) is 118 cm³/mol. The van der Waals surface area contributed by atoms with Crippen molar-refractivity contribution in [3.05, 3.63) is 34.9 Å². The number of ether oxygens (including phenoxy) is 3. The van der Waals surface area contributed by atoms with Gasteiger partial charge in [0.2, 0.25) is 0 Å². The quantitative estimate of drug-likeness (QED) is 0.513. The molecule has 0 bridgehead atoms. The number of aromatic nitrogens is 3. The van der Waals surface area contributed by atoms with E-state index in [9.17, 15) is 0 Å². The van der Waals surface area contributed by atoms with E-state index < -0.39 is 0 Å². The van der Waals surface area contributed by atoms with Crippen molar-refractivity contribution in [1.82, 2.24) is 25.4 Å². The minimum Gasteiger partial charge on any atom is -0.494 e. The van der Waals surface area contributed by atoms with Gasteiger partial charge in [0.25, 0.3) is 0 Å². The Bertz CT molecular complexity index is 942. The molecule has 0 aliphatic carbocycles. The largest absolute Gasteiger partial charge is 0.494 e. The molecule has 2 unspecified atom stereocenters. The molecule has 0 fully saturated rings. The molecule has 2 aliphatic heterocycles. The summed E-state index contributed by atoms with van der Waals surface area (Å²) in [5, 5.41) is 11.5. The maximum atomic E-state index is 5.93. The Labute approximate surface area is 183 Å². The standard InChI is InChI=1S/C22H32N6O3/c1-5-30-18-9-15-8-14(2)31-19(15)10-16(18)11-24-22(23-3)25-17-6-7-21-26-20(13-29-4)27-28(21)12-17/h9-10,14,17H,5-8,11-13H2,1-4H3,(H2,23,24,25). The first kappa shape index (κ1) is 21.4. The van der Waals surface area contributed by atoms with Crippen molar-refractivity contribution < 1.29 is 14.2 Å². The Morgan fingerprint density at radius 1 is 1.39 bits per heavy atom. The highest BCUT2D eigenvalue weighted by Gasteiger charge is 2.24. The average Bonchev–Trinajstić information content (AvgIpc) is 3.32. The number of aliphatic imine (C=N–C) groups is 1. The van der Waals surface area contributed by atoms with Gasteiger partial charge in [0, 0.05) is 50.7 Å². The van der Waals surface area contributed by atoms with Gasteiger partial charge in [-0.2, -0.15) is 5.10 Å². The van der Waals surface area contributed by atoms with Crippen LogP contribution in [0.5, 0.6) is 11.5 Å². The first-order valence-electron chi connectivity index (χ1n) is 10.9. The Balaban J connectivity index is 1.38. The lowest BCUT2D eigenvalue weighted by molar-refractivity contribution is 0.177. The Morgan fingerprint density at radius 2 is 2.26 bits per heavy atom. The van der Waals surface area contributed by atoms with Crippen LogP contribution in [0.15, 0.2) is 17.1 Å². The van der Waals surface area contributed by atoms with Gasteiger partial charge < -0.3 is 24.8 Å². The molecule has 4 rings (SSSR count). The molecule has 0 saturated carbocycles. The smallest absolute Gasteiger partial charge is 0.191 e. The van der Waals surface area contributed by atoms with Crippen LogP contribution in [0.4, 0.5) is 0 Å². The minimum absolute atomic E-state index is 0.208. The molecule has 0 saturated heterocycles. The van der Waals surface area contributed by atoms with Crippen LogP contribution in [0.1, 0.15) is 43.0 Å². The summed E-state index contributed by atoms with van der Waals surface area (Å²) in [6, 6.07) is 4.43. The third kappa shape index (κ3) is 4.92. The number of fused-ring (bicyclic) bond motifs is 2. The number of nitrogens with one attached hydrogen (secondary N) is 2. The van der Waals surface area contributed by atoms with Crippen LogP contribution in [0.3, 0.4) is 0 Å². The van der Waals surface area contributed by atoms with Gasteiger partial charge in [0.1, 0.15) is 30.0 Å². The van der Waals surface area contributed by atoms with Gasteiger partial charge in [-0.15, -0.1) is 0 Å². The second kappa shape index (κ2) is 9.55. The zero-order valence-corrected chi connectivity index (χ0v) is 18.8. The van der Waals surface area contributed by atoms with Crippen LogP contribution in [0, 0.1) is 0 Å². The van der Waals surface area contributed by atoms with Crippen molar-refractivity contribution >= 4 is 5.96 Å². The third-order valence-corrected chi connectivity index (χ3v) is 5.57. The molecule has 2 atom stereocenters. The molecule has 9 heteroatoms. The summed E-state index contributed by atoms with van der Waals surface area (Å²) in [7, 11) is 3.44. The van der Waals surface area contributed by atoms with E-state index >= 15 is 0 Å². The van der Waals surface area contributed by atoms with Gasteiger partial charge in [-0.1, -0.05) is 0 Å². The summed E-state index contributed by atoms with van der Waals surface area (Å²) in [5.41, 5.74) is 2.27. The first-order valence-corrected chi connectivity index (χ1v) is 10.9. The summed E-state index contributed by atoms with van der Waals surface area (Å²) in [6.07, 6.45) is 2.98. The van der Waals surface area contributed by atoms with Gasteiger partial charge in [0.05, 0.1) is 13.2 Å². The molecule has 2 aromatic rings. The van der Waals surface area contributed by atoms with Crippen LogP contribution >= 0.6 is 0 Å². The third-order valence-electron chi connectivity index (χ3n) is 5.57. The first-order chi connectivity index (χ1) is 15.1. The molecule has 168 valence electrons. The van der Waals surface area contributed by atoms with Crippen molar-refractivity contribution in [2.24, 2.45) is 4.99 Å². The lowest BCUT2D eigenvalue weighted by Gasteiger charge is -2.25. The summed E-state index contributed by atoms with van der Waals surface area (Å²) in [6.45, 7) is 6.51. The topological polar surface area (TPSA) is 94.8 Å². The maximum absolute atomic E-state index is 5.93. The summed E-state index contributed by atoms with van der Waals surface area (Å²) < 4.78 is 18.9. The van der Waals surface area contributed by atoms with E-state index in [0.29, 0.717) is 19.8 Å². The number of aryl methyl sites for hydroxylation is 1. The fraction of sp³-hybridized carbons (Fsp3) is 0.591. The highest BCUT2D eigenvalue weighted by molar-refractivity contribution is 5.80. The molecule has 9 nitrogen and oxygen atoms in total. The molecule has 2 aliphatic rings. The van der Waals surface area contributed by atoms with E-state index in [2.05, 4.69) is 44.8 Å². The van der Waals surface area contributed by atoms with E-state index in [1.54, 1.807) is 14.2 Å². The van der Waals surface area contributed by atoms with E-state index in [4.69, 9.17) is 14.2 Å². The number of nitrogens with zero attached hydrogens (tertiary/aromatic N) is 4. The number of benzene rings is 1. The zero-order valence-electron chi connectivity index (χ0n) is 18.8. The van der Waals surface area contributed by atoms with E-state index in [0.717, 1.165) is 60.5 Å². The van der Waals surface area contributed by atoms with Crippen molar-refractivity contribution in [2.75, 3.05) is 20.8 Å². The van der Waals surface area contributed by atoms with Crippen LogP contribution in [0.2, 0.25) is 0 Å². The van der Waals surface area contributed by atoms with Crippen molar-refractivity contribution in [3.63, 3.8) is 0 Å². The zero-order chi connectivity index (χ0) is 21.8. The Morgan fingerprint density at radius 3 is 3.03 bits per heavy atom. The Hall–Kier alpha value is -2.81. The lowest BCUT2D eigenvalue weighted by atomic mass is 10.1. The number of methoxy groups -OCH3 is 1.